The molecule has 346 valence electrons. The number of rotatable bonds is 45. The molecule has 0 aliphatic carbocycles. The molecule has 0 saturated heterocycles. The van der Waals surface area contributed by atoms with Gasteiger partial charge in [-0.3, -0.25) is 9.59 Å². The van der Waals surface area contributed by atoms with E-state index in [0.29, 0.717) is 17.4 Å². The van der Waals surface area contributed by atoms with Gasteiger partial charge in [-0.25, -0.2) is 0 Å². The Balaban J connectivity index is 4.34. The predicted molar refractivity (Wildman–Crippen MR) is 242 cm³/mol. The van der Waals surface area contributed by atoms with E-state index in [1.807, 2.05) is 21.1 Å². The highest BCUT2D eigenvalue weighted by molar-refractivity contribution is 5.70. The predicted octanol–water partition coefficient (Wildman–Crippen LogP) is 11.9. The number of aliphatic carboxylic acids is 1. The number of hydrogen-bond donors (Lipinski definition) is 0. The standard InChI is InChI=1S/C50H93NO8/c1-6-8-10-12-14-16-18-20-21-22-23-24-25-26-27-29-31-33-35-37-39-41-48(53)59-46(45-58-50(49(54)55)56-43-42-51(3,4)5)44-57-47(52)40-38-36-34-32-30-28-19-17-15-13-11-9-7-2/h17,19,22-23,46,50H,6-16,18,20-21,24-45H2,1-5H3/b19-17-,23-22-. The molecule has 9 heteroatoms. The van der Waals surface area contributed by atoms with Gasteiger partial charge in [0.1, 0.15) is 13.2 Å². The number of ether oxygens (including phenoxy) is 4. The first-order valence-corrected chi connectivity index (χ1v) is 24.5. The number of carboxylic acid groups (broad SMARTS) is 1. The lowest BCUT2D eigenvalue weighted by Gasteiger charge is -2.26. The summed E-state index contributed by atoms with van der Waals surface area (Å²) in [7, 11) is 5.91. The number of esters is 2. The van der Waals surface area contributed by atoms with Crippen LogP contribution in [0.4, 0.5) is 0 Å². The van der Waals surface area contributed by atoms with Crippen LogP contribution in [0.5, 0.6) is 0 Å². The Morgan fingerprint density at radius 2 is 0.864 bits per heavy atom. The summed E-state index contributed by atoms with van der Waals surface area (Å²) in [6.45, 7) is 4.73. The number of carbonyl (C=O) groups excluding carboxylic acids is 3. The summed E-state index contributed by atoms with van der Waals surface area (Å²) >= 11 is 0. The first-order valence-electron chi connectivity index (χ1n) is 24.5. The zero-order valence-corrected chi connectivity index (χ0v) is 39.1. The highest BCUT2D eigenvalue weighted by Gasteiger charge is 2.21. The topological polar surface area (TPSA) is 111 Å². The Bertz CT molecular complexity index is 1020. The summed E-state index contributed by atoms with van der Waals surface area (Å²) < 4.78 is 22.6. The molecule has 0 bridgehead atoms. The second kappa shape index (κ2) is 42.5. The molecule has 0 saturated carbocycles. The van der Waals surface area contributed by atoms with Crippen LogP contribution < -0.4 is 5.11 Å². The van der Waals surface area contributed by atoms with Gasteiger partial charge < -0.3 is 33.3 Å². The number of carboxylic acids is 1. The van der Waals surface area contributed by atoms with Gasteiger partial charge in [0, 0.05) is 12.8 Å². The smallest absolute Gasteiger partial charge is 0.306 e. The van der Waals surface area contributed by atoms with Gasteiger partial charge in [0.25, 0.3) is 0 Å². The summed E-state index contributed by atoms with van der Waals surface area (Å²) in [6.07, 6.45) is 43.5. The van der Waals surface area contributed by atoms with Crippen molar-refractivity contribution < 1.29 is 42.9 Å². The fourth-order valence-corrected chi connectivity index (χ4v) is 6.82. The molecular weight excluding hydrogens is 743 g/mol. The molecule has 0 spiro atoms. The third-order valence-electron chi connectivity index (χ3n) is 10.7. The van der Waals surface area contributed by atoms with E-state index in [1.165, 1.54) is 128 Å². The molecule has 0 aliphatic heterocycles. The van der Waals surface area contributed by atoms with Crippen LogP contribution in [0.25, 0.3) is 0 Å². The van der Waals surface area contributed by atoms with E-state index in [0.717, 1.165) is 57.8 Å². The maximum Gasteiger partial charge on any atom is 0.306 e. The maximum absolute atomic E-state index is 12.8. The van der Waals surface area contributed by atoms with Crippen LogP contribution in [0.15, 0.2) is 24.3 Å². The van der Waals surface area contributed by atoms with Crippen LogP contribution in [0.2, 0.25) is 0 Å². The second-order valence-electron chi connectivity index (χ2n) is 17.7. The van der Waals surface area contributed by atoms with E-state index in [-0.39, 0.29) is 38.6 Å². The molecule has 0 rings (SSSR count). The molecular formula is C50H93NO8. The zero-order valence-electron chi connectivity index (χ0n) is 39.1. The lowest BCUT2D eigenvalue weighted by Crippen LogP contribution is -2.44. The Labute approximate surface area is 363 Å². The minimum Gasteiger partial charge on any atom is -0.545 e. The molecule has 0 fully saturated rings. The van der Waals surface area contributed by atoms with Crippen molar-refractivity contribution in [2.45, 2.75) is 232 Å². The Morgan fingerprint density at radius 3 is 1.27 bits per heavy atom. The minimum absolute atomic E-state index is 0.147. The maximum atomic E-state index is 12.8. The highest BCUT2D eigenvalue weighted by atomic mass is 16.7. The van der Waals surface area contributed by atoms with E-state index in [9.17, 15) is 19.5 Å². The van der Waals surface area contributed by atoms with Crippen LogP contribution in [0.3, 0.4) is 0 Å². The van der Waals surface area contributed by atoms with Gasteiger partial charge in [0.15, 0.2) is 12.4 Å². The summed E-state index contributed by atoms with van der Waals surface area (Å²) in [5, 5.41) is 11.7. The molecule has 0 heterocycles. The van der Waals surface area contributed by atoms with Gasteiger partial charge in [-0.05, 0) is 64.2 Å². The molecule has 2 atom stereocenters. The molecule has 0 radical (unpaired) electrons. The van der Waals surface area contributed by atoms with Gasteiger partial charge in [-0.1, -0.05) is 167 Å². The summed E-state index contributed by atoms with van der Waals surface area (Å²) in [6, 6.07) is 0. The van der Waals surface area contributed by atoms with Crippen LogP contribution in [0.1, 0.15) is 219 Å². The number of hydrogen-bond acceptors (Lipinski definition) is 8. The van der Waals surface area contributed by atoms with Crippen molar-refractivity contribution in [3.63, 3.8) is 0 Å². The van der Waals surface area contributed by atoms with Crippen LogP contribution >= 0.6 is 0 Å². The normalized spacial score (nSPS) is 13.0. The van der Waals surface area contributed by atoms with E-state index in [4.69, 9.17) is 18.9 Å². The summed E-state index contributed by atoms with van der Waals surface area (Å²) in [4.78, 5) is 37.0. The molecule has 0 aromatic heterocycles. The first-order chi connectivity index (χ1) is 28.6. The number of unbranched alkanes of at least 4 members (excludes halogenated alkanes) is 26. The molecule has 59 heavy (non-hydrogen) atoms. The van der Waals surface area contributed by atoms with Gasteiger partial charge in [-0.15, -0.1) is 0 Å². The van der Waals surface area contributed by atoms with E-state index in [2.05, 4.69) is 38.2 Å². The lowest BCUT2D eigenvalue weighted by atomic mass is 10.1. The van der Waals surface area contributed by atoms with Crippen molar-refractivity contribution in [2.24, 2.45) is 0 Å². The van der Waals surface area contributed by atoms with Crippen molar-refractivity contribution in [3.05, 3.63) is 24.3 Å². The number of quaternary nitrogens is 1. The van der Waals surface area contributed by atoms with Gasteiger partial charge >= 0.3 is 11.9 Å². The minimum atomic E-state index is -1.62. The molecule has 0 amide bonds. The van der Waals surface area contributed by atoms with Gasteiger partial charge in [0.05, 0.1) is 40.3 Å². The molecule has 0 N–H and O–H groups in total. The SMILES string of the molecule is CCCCCC/C=C\CCCCCCCC(=O)OCC(COC(OCC[N+](C)(C)C)C(=O)[O-])OC(=O)CCCCCCCCCCC/C=C\CCCCCCCCCC. The number of allylic oxidation sites excluding steroid dienone is 4. The average molecular weight is 836 g/mol. The third kappa shape index (κ3) is 43.7. The Kier molecular flexibility index (Phi) is 40.9. The first kappa shape index (κ1) is 56.8. The lowest BCUT2D eigenvalue weighted by molar-refractivity contribution is -0.870. The van der Waals surface area contributed by atoms with E-state index < -0.39 is 24.3 Å². The second-order valence-corrected chi connectivity index (χ2v) is 17.7. The summed E-state index contributed by atoms with van der Waals surface area (Å²) in [5.74, 6) is -2.29. The fourth-order valence-electron chi connectivity index (χ4n) is 6.82. The quantitative estimate of drug-likeness (QED) is 0.0196. The van der Waals surface area contributed by atoms with Crippen molar-refractivity contribution >= 4 is 17.9 Å². The van der Waals surface area contributed by atoms with Gasteiger partial charge in [-0.2, -0.15) is 0 Å². The molecule has 9 nitrogen and oxygen atoms in total. The Morgan fingerprint density at radius 1 is 0.492 bits per heavy atom. The van der Waals surface area contributed by atoms with Crippen LogP contribution in [-0.4, -0.2) is 82.3 Å². The monoisotopic (exact) mass is 836 g/mol. The molecule has 2 unspecified atom stereocenters. The van der Waals surface area contributed by atoms with Crippen molar-refractivity contribution in [3.8, 4) is 0 Å². The zero-order chi connectivity index (χ0) is 43.5. The van der Waals surface area contributed by atoms with Crippen LogP contribution in [0, 0.1) is 0 Å². The van der Waals surface area contributed by atoms with Crippen molar-refractivity contribution in [1.82, 2.24) is 0 Å². The number of carbonyl (C=O) groups is 3. The largest absolute Gasteiger partial charge is 0.545 e. The summed E-state index contributed by atoms with van der Waals surface area (Å²) in [5.41, 5.74) is 0. The average Bonchev–Trinajstić information content (AvgIpc) is 3.19. The molecule has 0 aliphatic rings. The van der Waals surface area contributed by atoms with Gasteiger partial charge in [0.2, 0.25) is 0 Å². The van der Waals surface area contributed by atoms with E-state index >= 15 is 0 Å². The van der Waals surface area contributed by atoms with E-state index in [1.54, 1.807) is 0 Å². The van der Waals surface area contributed by atoms with Crippen molar-refractivity contribution in [1.29, 1.82) is 0 Å². The number of nitrogens with zero attached hydrogens (tertiary/aromatic N) is 1. The molecule has 0 aromatic carbocycles. The van der Waals surface area contributed by atoms with Crippen LogP contribution in [-0.2, 0) is 33.3 Å². The number of likely N-dealkylation sites (N-methyl/N-ethyl adjacent to an activating group) is 1. The third-order valence-corrected chi connectivity index (χ3v) is 10.7. The Hall–Kier alpha value is -2.23. The highest BCUT2D eigenvalue weighted by Crippen LogP contribution is 2.15. The van der Waals surface area contributed by atoms with Crippen molar-refractivity contribution in [2.75, 3.05) is 47.5 Å². The molecule has 0 aromatic rings. The fraction of sp³-hybridized carbons (Fsp3) is 0.860.